The first kappa shape index (κ1) is 15.7. The number of carbonyl (C=O) groups excluding carboxylic acids is 1. The number of aryl methyl sites for hydroxylation is 1. The third-order valence-electron chi connectivity index (χ3n) is 3.29. The Morgan fingerprint density at radius 3 is 2.42 bits per heavy atom. The molecule has 0 bridgehead atoms. The highest BCUT2D eigenvalue weighted by Crippen LogP contribution is 2.25. The number of rotatable bonds is 6. The van der Waals surface area contributed by atoms with Crippen molar-refractivity contribution in [2.75, 3.05) is 27.7 Å². The molecular weight excluding hydrogens is 242 g/mol. The third kappa shape index (κ3) is 4.08. The monoisotopic (exact) mass is 267 g/mol. The van der Waals surface area contributed by atoms with E-state index in [1.54, 1.807) is 19.0 Å². The summed E-state index contributed by atoms with van der Waals surface area (Å²) in [5.41, 5.74) is 6.18. The van der Waals surface area contributed by atoms with Gasteiger partial charge < -0.3 is 15.1 Å². The predicted molar refractivity (Wildman–Crippen MR) is 75.8 cm³/mol. The van der Waals surface area contributed by atoms with E-state index in [1.165, 1.54) is 0 Å². The minimum absolute atomic E-state index is 0.0547. The molecule has 0 fully saturated rings. The average molecular weight is 267 g/mol. The van der Waals surface area contributed by atoms with Crippen LogP contribution in [0, 0.1) is 6.92 Å². The number of hydrogen-bond acceptors (Lipinski definition) is 4. The lowest BCUT2D eigenvalue weighted by molar-refractivity contribution is -0.130. The molecule has 1 heterocycles. The van der Waals surface area contributed by atoms with Crippen molar-refractivity contribution in [1.82, 2.24) is 9.80 Å². The molecule has 1 rings (SSSR count). The summed E-state index contributed by atoms with van der Waals surface area (Å²) in [6.45, 7) is 4.27. The van der Waals surface area contributed by atoms with E-state index < -0.39 is 0 Å². The second-order valence-corrected chi connectivity index (χ2v) is 5.17. The standard InChI is InChI=1S/C14H25N3O2/c1-6-11(15)14(12-8-7-10(2)19-12)17(5)9-13(18)16(3)4/h7-8,11,14H,6,9,15H2,1-5H3. The van der Waals surface area contributed by atoms with E-state index in [4.69, 9.17) is 10.2 Å². The van der Waals surface area contributed by atoms with Crippen LogP contribution in [0.2, 0.25) is 0 Å². The van der Waals surface area contributed by atoms with Crippen molar-refractivity contribution in [3.8, 4) is 0 Å². The minimum atomic E-state index is -0.0809. The second-order valence-electron chi connectivity index (χ2n) is 5.17. The number of carbonyl (C=O) groups is 1. The molecular formula is C14H25N3O2. The van der Waals surface area contributed by atoms with E-state index >= 15 is 0 Å². The van der Waals surface area contributed by atoms with E-state index in [1.807, 2.05) is 37.9 Å². The average Bonchev–Trinajstić information content (AvgIpc) is 2.75. The van der Waals surface area contributed by atoms with Crippen molar-refractivity contribution < 1.29 is 9.21 Å². The summed E-state index contributed by atoms with van der Waals surface area (Å²) in [6, 6.07) is 3.71. The zero-order valence-corrected chi connectivity index (χ0v) is 12.5. The highest BCUT2D eigenvalue weighted by Gasteiger charge is 2.27. The van der Waals surface area contributed by atoms with E-state index in [9.17, 15) is 4.79 Å². The van der Waals surface area contributed by atoms with Crippen LogP contribution in [0.5, 0.6) is 0 Å². The predicted octanol–water partition coefficient (Wildman–Crippen LogP) is 1.39. The van der Waals surface area contributed by atoms with Gasteiger partial charge in [0.25, 0.3) is 0 Å². The molecule has 2 unspecified atom stereocenters. The Kier molecular flexibility index (Phi) is 5.57. The lowest BCUT2D eigenvalue weighted by atomic mass is 10.0. The van der Waals surface area contributed by atoms with Crippen molar-refractivity contribution in [2.24, 2.45) is 5.73 Å². The van der Waals surface area contributed by atoms with Crippen molar-refractivity contribution in [3.63, 3.8) is 0 Å². The van der Waals surface area contributed by atoms with Gasteiger partial charge in [-0.1, -0.05) is 6.92 Å². The maximum absolute atomic E-state index is 11.8. The number of furan rings is 1. The molecule has 5 heteroatoms. The summed E-state index contributed by atoms with van der Waals surface area (Å²) >= 11 is 0. The Morgan fingerprint density at radius 1 is 1.37 bits per heavy atom. The normalized spacial score (nSPS) is 14.5. The van der Waals surface area contributed by atoms with E-state index in [2.05, 4.69) is 0 Å². The summed E-state index contributed by atoms with van der Waals surface area (Å²) in [5.74, 6) is 1.73. The van der Waals surface area contributed by atoms with Gasteiger partial charge in [0.2, 0.25) is 5.91 Å². The Bertz CT molecular complexity index is 415. The molecule has 0 aromatic carbocycles. The summed E-state index contributed by atoms with van der Waals surface area (Å²) < 4.78 is 5.69. The van der Waals surface area contributed by atoms with Gasteiger partial charge in [-0.2, -0.15) is 0 Å². The van der Waals surface area contributed by atoms with Gasteiger partial charge in [0, 0.05) is 20.1 Å². The number of likely N-dealkylation sites (N-methyl/N-ethyl adjacent to an activating group) is 2. The zero-order valence-electron chi connectivity index (χ0n) is 12.5. The summed E-state index contributed by atoms with van der Waals surface area (Å²) in [7, 11) is 5.41. The van der Waals surface area contributed by atoms with Crippen molar-refractivity contribution in [3.05, 3.63) is 23.7 Å². The summed E-state index contributed by atoms with van der Waals surface area (Å²) in [6.07, 6.45) is 0.824. The first-order chi connectivity index (χ1) is 8.86. The van der Waals surface area contributed by atoms with Crippen LogP contribution in [0.1, 0.15) is 30.9 Å². The smallest absolute Gasteiger partial charge is 0.236 e. The van der Waals surface area contributed by atoms with Crippen LogP contribution in [0.15, 0.2) is 16.5 Å². The van der Waals surface area contributed by atoms with Gasteiger partial charge in [-0.25, -0.2) is 0 Å². The minimum Gasteiger partial charge on any atom is -0.465 e. The number of nitrogens with two attached hydrogens (primary N) is 1. The van der Waals surface area contributed by atoms with Gasteiger partial charge in [-0.3, -0.25) is 9.69 Å². The van der Waals surface area contributed by atoms with E-state index in [-0.39, 0.29) is 18.0 Å². The Balaban J connectivity index is 2.88. The second kappa shape index (κ2) is 6.73. The van der Waals surface area contributed by atoms with E-state index in [0.29, 0.717) is 6.54 Å². The van der Waals surface area contributed by atoms with Gasteiger partial charge in [-0.05, 0) is 32.5 Å². The van der Waals surface area contributed by atoms with Gasteiger partial charge >= 0.3 is 0 Å². The molecule has 2 atom stereocenters. The van der Waals surface area contributed by atoms with Gasteiger partial charge in [-0.15, -0.1) is 0 Å². The molecule has 1 aromatic rings. The summed E-state index contributed by atoms with van der Waals surface area (Å²) in [5, 5.41) is 0. The lowest BCUT2D eigenvalue weighted by Gasteiger charge is -2.31. The molecule has 0 aliphatic rings. The van der Waals surface area contributed by atoms with Crippen LogP contribution >= 0.6 is 0 Å². The fourth-order valence-electron chi connectivity index (χ4n) is 2.04. The largest absolute Gasteiger partial charge is 0.465 e. The zero-order chi connectivity index (χ0) is 14.6. The maximum atomic E-state index is 11.8. The molecule has 0 aliphatic heterocycles. The first-order valence-corrected chi connectivity index (χ1v) is 6.59. The van der Waals surface area contributed by atoms with Crippen molar-refractivity contribution in [1.29, 1.82) is 0 Å². The third-order valence-corrected chi connectivity index (χ3v) is 3.29. The van der Waals surface area contributed by atoms with Crippen molar-refractivity contribution in [2.45, 2.75) is 32.4 Å². The topological polar surface area (TPSA) is 62.7 Å². The molecule has 0 spiro atoms. The molecule has 0 saturated carbocycles. The van der Waals surface area contributed by atoms with Crippen LogP contribution in [-0.4, -0.2) is 49.4 Å². The quantitative estimate of drug-likeness (QED) is 0.846. The van der Waals surface area contributed by atoms with E-state index in [0.717, 1.165) is 17.9 Å². The Labute approximate surface area is 115 Å². The molecule has 108 valence electrons. The molecule has 2 N–H and O–H groups in total. The number of amides is 1. The number of nitrogens with zero attached hydrogens (tertiary/aromatic N) is 2. The Hall–Kier alpha value is -1.33. The molecule has 0 aliphatic carbocycles. The van der Waals surface area contributed by atoms with Crippen LogP contribution in [0.25, 0.3) is 0 Å². The maximum Gasteiger partial charge on any atom is 0.236 e. The molecule has 0 saturated heterocycles. The molecule has 19 heavy (non-hydrogen) atoms. The molecule has 0 radical (unpaired) electrons. The molecule has 5 nitrogen and oxygen atoms in total. The van der Waals surface area contributed by atoms with Crippen LogP contribution in [-0.2, 0) is 4.79 Å². The lowest BCUT2D eigenvalue weighted by Crippen LogP contribution is -2.43. The molecule has 1 aromatic heterocycles. The first-order valence-electron chi connectivity index (χ1n) is 6.59. The van der Waals surface area contributed by atoms with Crippen LogP contribution < -0.4 is 5.73 Å². The van der Waals surface area contributed by atoms with Gasteiger partial charge in [0.15, 0.2) is 0 Å². The number of hydrogen-bond donors (Lipinski definition) is 1. The SMILES string of the molecule is CCC(N)C(c1ccc(C)o1)N(C)CC(=O)N(C)C. The van der Waals surface area contributed by atoms with Crippen LogP contribution in [0.4, 0.5) is 0 Å². The van der Waals surface area contributed by atoms with Gasteiger partial charge in [0.1, 0.15) is 11.5 Å². The van der Waals surface area contributed by atoms with Gasteiger partial charge in [0.05, 0.1) is 12.6 Å². The fraction of sp³-hybridized carbons (Fsp3) is 0.643. The Morgan fingerprint density at radius 2 is 2.00 bits per heavy atom. The van der Waals surface area contributed by atoms with Crippen molar-refractivity contribution >= 4 is 5.91 Å². The molecule has 1 amide bonds. The highest BCUT2D eigenvalue weighted by molar-refractivity contribution is 5.77. The summed E-state index contributed by atoms with van der Waals surface area (Å²) in [4.78, 5) is 15.4. The van der Waals surface area contributed by atoms with Crippen LogP contribution in [0.3, 0.4) is 0 Å². The fourth-order valence-corrected chi connectivity index (χ4v) is 2.04. The highest BCUT2D eigenvalue weighted by atomic mass is 16.3.